The number of fused-ring (bicyclic) bond motifs is 3. The van der Waals surface area contributed by atoms with E-state index in [0.717, 1.165) is 27.5 Å². The van der Waals surface area contributed by atoms with Crippen LogP contribution in [-0.2, 0) is 11.2 Å². The van der Waals surface area contributed by atoms with Crippen LogP contribution < -0.4 is 10.7 Å². The lowest BCUT2D eigenvalue weighted by Crippen LogP contribution is -2.39. The Balaban J connectivity index is 1.91. The van der Waals surface area contributed by atoms with E-state index in [2.05, 4.69) is 20.9 Å². The number of para-hydroxylation sites is 1. The number of nitrogens with one attached hydrogen (secondary N) is 1. The van der Waals surface area contributed by atoms with E-state index >= 15 is 0 Å². The first-order chi connectivity index (χ1) is 15.0. The zero-order valence-electron chi connectivity index (χ0n) is 17.8. The van der Waals surface area contributed by atoms with Gasteiger partial charge in [-0.15, -0.1) is 11.8 Å². The number of carbonyl (C=O) groups is 1. The molecule has 0 saturated heterocycles. The number of ether oxygens (including phenoxy) is 1. The maximum absolute atomic E-state index is 13.2. The summed E-state index contributed by atoms with van der Waals surface area (Å²) in [6.45, 7) is 4.14. The Kier molecular flexibility index (Phi) is 6.25. The summed E-state index contributed by atoms with van der Waals surface area (Å²) >= 11 is 1.73. The van der Waals surface area contributed by atoms with E-state index in [-0.39, 0.29) is 28.2 Å². The maximum atomic E-state index is 13.2. The van der Waals surface area contributed by atoms with Gasteiger partial charge in [0.15, 0.2) is 5.43 Å². The van der Waals surface area contributed by atoms with Crippen LogP contribution in [0.5, 0.6) is 0 Å². The number of aryl methyl sites for hydroxylation is 1. The number of carbonyl (C=O) groups excluding carboxylic acids is 1. The van der Waals surface area contributed by atoms with Gasteiger partial charge in [-0.1, -0.05) is 18.2 Å². The van der Waals surface area contributed by atoms with Crippen molar-refractivity contribution in [2.75, 3.05) is 13.7 Å². The maximum Gasteiger partial charge on any atom is 0.257 e. The van der Waals surface area contributed by atoms with E-state index in [9.17, 15) is 9.59 Å². The largest absolute Gasteiger partial charge is 0.383 e. The van der Waals surface area contributed by atoms with Crippen molar-refractivity contribution in [3.05, 3.63) is 87.6 Å². The van der Waals surface area contributed by atoms with Gasteiger partial charge in [0, 0.05) is 59.6 Å². The minimum Gasteiger partial charge on any atom is -0.383 e. The molecule has 4 rings (SSSR count). The van der Waals surface area contributed by atoms with E-state index < -0.39 is 0 Å². The van der Waals surface area contributed by atoms with Gasteiger partial charge in [0.1, 0.15) is 5.56 Å². The van der Waals surface area contributed by atoms with Gasteiger partial charge in [0.2, 0.25) is 0 Å². The quantitative estimate of drug-likeness (QED) is 0.662. The highest BCUT2D eigenvalue weighted by molar-refractivity contribution is 7.99. The fourth-order valence-corrected chi connectivity index (χ4v) is 5.28. The number of hydrogen-bond acceptors (Lipinski definition) is 5. The summed E-state index contributed by atoms with van der Waals surface area (Å²) in [5.41, 5.74) is 3.49. The van der Waals surface area contributed by atoms with Gasteiger partial charge in [-0.05, 0) is 37.6 Å². The molecular weight excluding hydrogens is 410 g/mol. The molecule has 1 N–H and O–H groups in total. The highest BCUT2D eigenvalue weighted by Crippen LogP contribution is 2.44. The second-order valence-corrected chi connectivity index (χ2v) is 8.95. The third-order valence-corrected chi connectivity index (χ3v) is 6.65. The third kappa shape index (κ3) is 4.29. The molecule has 0 fully saturated rings. The molecule has 1 amide bonds. The van der Waals surface area contributed by atoms with Crippen LogP contribution in [0, 0.1) is 6.92 Å². The monoisotopic (exact) mass is 435 g/mol. The van der Waals surface area contributed by atoms with E-state index in [1.165, 1.54) is 0 Å². The number of nitrogens with zero attached hydrogens (tertiary/aromatic N) is 2. The normalized spacial score (nSPS) is 16.0. The van der Waals surface area contributed by atoms with Crippen LogP contribution in [0.25, 0.3) is 5.69 Å². The number of amides is 1. The van der Waals surface area contributed by atoms with Crippen LogP contribution in [0.4, 0.5) is 0 Å². The molecule has 1 aromatic carbocycles. The summed E-state index contributed by atoms with van der Waals surface area (Å²) in [6.07, 6.45) is 4.13. The molecule has 1 aliphatic rings. The molecule has 2 atom stereocenters. The highest BCUT2D eigenvalue weighted by Gasteiger charge is 2.29. The van der Waals surface area contributed by atoms with Gasteiger partial charge in [-0.2, -0.15) is 0 Å². The van der Waals surface area contributed by atoms with Gasteiger partial charge in [-0.25, -0.2) is 0 Å². The minimum absolute atomic E-state index is 0.0211. The van der Waals surface area contributed by atoms with Crippen molar-refractivity contribution in [1.82, 2.24) is 14.9 Å². The molecule has 7 heteroatoms. The Morgan fingerprint density at radius 2 is 2.13 bits per heavy atom. The van der Waals surface area contributed by atoms with Crippen LogP contribution in [0.15, 0.2) is 64.5 Å². The average molecular weight is 436 g/mol. The van der Waals surface area contributed by atoms with E-state index in [1.54, 1.807) is 31.1 Å². The van der Waals surface area contributed by atoms with Crippen LogP contribution in [0.1, 0.15) is 39.5 Å². The Hall–Kier alpha value is -2.90. The first-order valence-corrected chi connectivity index (χ1v) is 11.1. The smallest absolute Gasteiger partial charge is 0.257 e. The topological polar surface area (TPSA) is 73.2 Å². The molecule has 0 spiro atoms. The predicted molar refractivity (Wildman–Crippen MR) is 122 cm³/mol. The fraction of sp³-hybridized carbons (Fsp3) is 0.292. The molecule has 3 heterocycles. The molecule has 6 nitrogen and oxygen atoms in total. The zero-order chi connectivity index (χ0) is 22.0. The van der Waals surface area contributed by atoms with Gasteiger partial charge in [0.05, 0.1) is 12.3 Å². The molecule has 0 radical (unpaired) electrons. The molecule has 3 aromatic rings. The molecule has 0 saturated carbocycles. The van der Waals surface area contributed by atoms with Crippen molar-refractivity contribution < 1.29 is 9.53 Å². The molecule has 0 unspecified atom stereocenters. The standard InChI is InChI=1S/C24H25N3O3S/c1-15(14-30-3)26-24(29)23-19-12-22(17-7-6-10-25-13-17)31-21-9-5-4-8-18(21)27(19)16(2)11-20(23)28/h4-11,13,15,22H,12,14H2,1-3H3,(H,26,29)/t15-,22+/m0/s1. The van der Waals surface area contributed by atoms with Crippen LogP contribution in [0.3, 0.4) is 0 Å². The highest BCUT2D eigenvalue weighted by atomic mass is 32.2. The van der Waals surface area contributed by atoms with Crippen molar-refractivity contribution in [3.8, 4) is 5.69 Å². The molecule has 0 bridgehead atoms. The summed E-state index contributed by atoms with van der Waals surface area (Å²) < 4.78 is 7.19. The summed E-state index contributed by atoms with van der Waals surface area (Å²) in [5.74, 6) is -0.368. The van der Waals surface area contributed by atoms with Crippen molar-refractivity contribution in [1.29, 1.82) is 0 Å². The Morgan fingerprint density at radius 1 is 1.32 bits per heavy atom. The summed E-state index contributed by atoms with van der Waals surface area (Å²) in [6, 6.07) is 13.4. The Bertz CT molecular complexity index is 1160. The molecule has 160 valence electrons. The van der Waals surface area contributed by atoms with Crippen LogP contribution in [0.2, 0.25) is 0 Å². The molecule has 2 aromatic heterocycles. The van der Waals surface area contributed by atoms with Crippen LogP contribution >= 0.6 is 11.8 Å². The van der Waals surface area contributed by atoms with E-state index in [0.29, 0.717) is 13.0 Å². The average Bonchev–Trinajstić information content (AvgIpc) is 2.91. The second-order valence-electron chi connectivity index (χ2n) is 7.70. The first-order valence-electron chi connectivity index (χ1n) is 10.2. The van der Waals surface area contributed by atoms with Gasteiger partial charge >= 0.3 is 0 Å². The zero-order valence-corrected chi connectivity index (χ0v) is 18.6. The Morgan fingerprint density at radius 3 is 2.87 bits per heavy atom. The van der Waals surface area contributed by atoms with E-state index in [1.807, 2.05) is 50.4 Å². The number of benzene rings is 1. The van der Waals surface area contributed by atoms with Gasteiger partial charge < -0.3 is 14.6 Å². The number of aromatic nitrogens is 2. The lowest BCUT2D eigenvalue weighted by atomic mass is 10.0. The number of methoxy groups -OCH3 is 1. The van der Waals surface area contributed by atoms with Crippen molar-refractivity contribution in [2.24, 2.45) is 0 Å². The lowest BCUT2D eigenvalue weighted by molar-refractivity contribution is 0.0902. The van der Waals surface area contributed by atoms with Gasteiger partial charge in [0.25, 0.3) is 5.91 Å². The minimum atomic E-state index is -0.368. The third-order valence-electron chi connectivity index (χ3n) is 5.33. The number of hydrogen-bond donors (Lipinski definition) is 1. The molecule has 1 aliphatic heterocycles. The van der Waals surface area contributed by atoms with E-state index in [4.69, 9.17) is 4.74 Å². The van der Waals surface area contributed by atoms with Crippen LogP contribution in [-0.4, -0.2) is 35.2 Å². The number of rotatable bonds is 5. The first kappa shape index (κ1) is 21.3. The van der Waals surface area contributed by atoms with Crippen molar-refractivity contribution >= 4 is 17.7 Å². The lowest BCUT2D eigenvalue weighted by Gasteiger charge is -2.21. The summed E-state index contributed by atoms with van der Waals surface area (Å²) in [5, 5.41) is 2.93. The second kappa shape index (κ2) is 9.08. The Labute approximate surface area is 185 Å². The SMILES string of the molecule is COC[C@H](C)NC(=O)c1c2n(c(C)cc1=O)-c1ccccc1S[C@@H](c1cccnc1)C2. The molecular formula is C24H25N3O3S. The van der Waals surface area contributed by atoms with Crippen molar-refractivity contribution in [3.63, 3.8) is 0 Å². The summed E-state index contributed by atoms with van der Waals surface area (Å²) in [4.78, 5) is 31.6. The van der Waals surface area contributed by atoms with Crippen molar-refractivity contribution in [2.45, 2.75) is 36.5 Å². The summed E-state index contributed by atoms with van der Waals surface area (Å²) in [7, 11) is 1.59. The number of pyridine rings is 2. The predicted octanol–water partition coefficient (Wildman–Crippen LogP) is 3.70. The molecule has 0 aliphatic carbocycles. The fourth-order valence-electron chi connectivity index (χ4n) is 4.02. The van der Waals surface area contributed by atoms with Gasteiger partial charge in [-0.3, -0.25) is 14.6 Å². The molecule has 31 heavy (non-hydrogen) atoms. The number of thioether (sulfide) groups is 1.